The van der Waals surface area contributed by atoms with Gasteiger partial charge in [-0.1, -0.05) is 108 Å². The van der Waals surface area contributed by atoms with E-state index in [1.807, 2.05) is 0 Å². The van der Waals surface area contributed by atoms with E-state index in [1.54, 1.807) is 15.9 Å². The van der Waals surface area contributed by atoms with E-state index in [1.165, 1.54) is 96.1 Å². The second-order valence-corrected chi connectivity index (χ2v) is 22.1. The van der Waals surface area contributed by atoms with Gasteiger partial charge < -0.3 is 0 Å². The topological polar surface area (TPSA) is 0 Å². The highest BCUT2D eigenvalue weighted by atomic mass is 31.2. The lowest BCUT2D eigenvalue weighted by Gasteiger charge is -2.61. The highest BCUT2D eigenvalue weighted by molar-refractivity contribution is 7.95. The van der Waals surface area contributed by atoms with Gasteiger partial charge in [-0.3, -0.25) is 0 Å². The maximum Gasteiger partial charge on any atom is 0.112 e. The molecule has 7 rings (SSSR count). The van der Waals surface area contributed by atoms with Gasteiger partial charge in [0.15, 0.2) is 0 Å². The summed E-state index contributed by atoms with van der Waals surface area (Å²) in [6.07, 6.45) is 22.0. The Morgan fingerprint density at radius 3 is 1.78 bits per heavy atom. The first-order valence-corrected chi connectivity index (χ1v) is 22.8. The molecular weight excluding hydrogens is 608 g/mol. The Morgan fingerprint density at radius 2 is 1.18 bits per heavy atom. The van der Waals surface area contributed by atoms with Gasteiger partial charge in [0.2, 0.25) is 0 Å². The van der Waals surface area contributed by atoms with E-state index < -0.39 is 7.26 Å². The molecule has 0 radical (unpaired) electrons. The summed E-state index contributed by atoms with van der Waals surface area (Å²) in [6, 6.07) is 34.7. The fraction of sp³-hybridized carbons (Fsp3) is 0.625. The molecule has 4 aliphatic carbocycles. The summed E-state index contributed by atoms with van der Waals surface area (Å²) in [5.41, 5.74) is 1.21. The minimum atomic E-state index is -1.72. The van der Waals surface area contributed by atoms with Crippen LogP contribution in [0.2, 0.25) is 0 Å². The molecule has 0 aromatic heterocycles. The van der Waals surface area contributed by atoms with Crippen molar-refractivity contribution in [3.05, 3.63) is 91.0 Å². The van der Waals surface area contributed by atoms with Crippen LogP contribution in [0.1, 0.15) is 125 Å². The average molecular weight is 676 g/mol. The number of fused-ring (bicyclic) bond motifs is 5. The smallest absolute Gasteiger partial charge is 0.0628 e. The molecule has 0 aliphatic heterocycles. The standard InChI is InChI=1S/C48H68P/c1-36(2)17-15-18-37(3)44-28-29-45-43-27-26-39-35-38(30-32-47(39,4)46(43)31-33-48(44,45)5)19-16-34-49(40-20-9-6-10-21-40,41-22-11-7-12-23-41)42-24-13-8-14-25-42/h6-14,20-25,36-39,43-46H,15-19,26-35H2,1-5H3/q+1/t37-,38+,39+,43+,44-,45+,46+,47+,48-/m1/s1. The van der Waals surface area contributed by atoms with Crippen molar-refractivity contribution in [2.75, 3.05) is 6.16 Å². The highest BCUT2D eigenvalue weighted by Crippen LogP contribution is 2.69. The van der Waals surface area contributed by atoms with Crippen LogP contribution >= 0.6 is 7.26 Å². The van der Waals surface area contributed by atoms with Gasteiger partial charge in [-0.05, 0) is 165 Å². The zero-order valence-corrected chi connectivity index (χ0v) is 32.7. The quantitative estimate of drug-likeness (QED) is 0.168. The zero-order chi connectivity index (χ0) is 34.1. The van der Waals surface area contributed by atoms with Crippen LogP contribution in [0.3, 0.4) is 0 Å². The predicted molar refractivity (Wildman–Crippen MR) is 216 cm³/mol. The van der Waals surface area contributed by atoms with Crippen LogP contribution in [-0.4, -0.2) is 6.16 Å². The van der Waals surface area contributed by atoms with Gasteiger partial charge in [0.1, 0.15) is 23.2 Å². The first-order chi connectivity index (χ1) is 23.8. The number of hydrogen-bond donors (Lipinski definition) is 0. The number of rotatable bonds is 12. The molecule has 0 unspecified atom stereocenters. The first kappa shape index (κ1) is 35.5. The van der Waals surface area contributed by atoms with Crippen LogP contribution in [-0.2, 0) is 0 Å². The van der Waals surface area contributed by atoms with Crippen molar-refractivity contribution in [1.29, 1.82) is 0 Å². The molecule has 0 amide bonds. The molecule has 9 atom stereocenters. The predicted octanol–water partition coefficient (Wildman–Crippen LogP) is 12.5. The fourth-order valence-electron chi connectivity index (χ4n) is 13.1. The lowest BCUT2D eigenvalue weighted by molar-refractivity contribution is -0.121. The minimum absolute atomic E-state index is 0.594. The molecule has 4 saturated carbocycles. The molecular formula is C48H68P+. The van der Waals surface area contributed by atoms with Crippen LogP contribution < -0.4 is 15.9 Å². The van der Waals surface area contributed by atoms with Crippen molar-refractivity contribution < 1.29 is 0 Å². The molecule has 0 nitrogen and oxygen atoms in total. The number of hydrogen-bond acceptors (Lipinski definition) is 0. The maximum atomic E-state index is 2.80. The molecule has 0 heterocycles. The molecule has 0 N–H and O–H groups in total. The summed E-state index contributed by atoms with van der Waals surface area (Å²) in [5.74, 6) is 7.63. The SMILES string of the molecule is CC(C)CCC[C@@H](C)[C@H]1CC[C@H]2[C@@H]3CC[C@H]4C[C@@H](CCC[P+](c5ccccc5)(c5ccccc5)c5ccccc5)CC[C@]4(C)[C@H]3CC[C@]12C. The zero-order valence-electron chi connectivity index (χ0n) is 31.8. The van der Waals surface area contributed by atoms with Crippen molar-refractivity contribution in [2.24, 2.45) is 58.2 Å². The molecule has 1 heteroatoms. The molecule has 264 valence electrons. The maximum absolute atomic E-state index is 2.80. The van der Waals surface area contributed by atoms with Gasteiger partial charge in [0, 0.05) is 0 Å². The van der Waals surface area contributed by atoms with Crippen LogP contribution in [0.15, 0.2) is 91.0 Å². The van der Waals surface area contributed by atoms with Gasteiger partial charge in [0.25, 0.3) is 0 Å². The molecule has 3 aromatic rings. The summed E-state index contributed by atoms with van der Waals surface area (Å²) < 4.78 is 0. The fourth-order valence-corrected chi connectivity index (χ4v) is 17.5. The summed E-state index contributed by atoms with van der Waals surface area (Å²) in [5, 5.41) is 4.64. The van der Waals surface area contributed by atoms with Crippen LogP contribution in [0.4, 0.5) is 0 Å². The van der Waals surface area contributed by atoms with Crippen molar-refractivity contribution in [3.63, 3.8) is 0 Å². The Labute approximate surface area is 302 Å². The number of benzene rings is 3. The summed E-state index contributed by atoms with van der Waals surface area (Å²) in [4.78, 5) is 0. The van der Waals surface area contributed by atoms with Crippen LogP contribution in [0.5, 0.6) is 0 Å². The van der Waals surface area contributed by atoms with Gasteiger partial charge in [-0.25, -0.2) is 0 Å². The van der Waals surface area contributed by atoms with Gasteiger partial charge >= 0.3 is 0 Å². The van der Waals surface area contributed by atoms with Gasteiger partial charge in [-0.15, -0.1) is 0 Å². The van der Waals surface area contributed by atoms with E-state index in [9.17, 15) is 0 Å². The molecule has 0 spiro atoms. The van der Waals surface area contributed by atoms with E-state index in [-0.39, 0.29) is 0 Å². The lowest BCUT2D eigenvalue weighted by atomic mass is 9.44. The lowest BCUT2D eigenvalue weighted by Crippen LogP contribution is -2.53. The second kappa shape index (κ2) is 15.0. The average Bonchev–Trinajstić information content (AvgIpc) is 3.48. The van der Waals surface area contributed by atoms with Crippen LogP contribution in [0, 0.1) is 58.2 Å². The van der Waals surface area contributed by atoms with E-state index in [2.05, 4.69) is 126 Å². The molecule has 3 aromatic carbocycles. The largest absolute Gasteiger partial charge is 0.112 e. The molecule has 4 aliphatic rings. The van der Waals surface area contributed by atoms with Crippen molar-refractivity contribution in [3.8, 4) is 0 Å². The molecule has 49 heavy (non-hydrogen) atoms. The highest BCUT2D eigenvalue weighted by Gasteiger charge is 2.60. The summed E-state index contributed by atoms with van der Waals surface area (Å²) >= 11 is 0. The normalized spacial score (nSPS) is 33.4. The Bertz CT molecular complexity index is 1370. The van der Waals surface area contributed by atoms with Crippen molar-refractivity contribution in [1.82, 2.24) is 0 Å². The van der Waals surface area contributed by atoms with Gasteiger partial charge in [0.05, 0.1) is 6.16 Å². The first-order valence-electron chi connectivity index (χ1n) is 20.8. The Balaban J connectivity index is 1.02. The summed E-state index contributed by atoms with van der Waals surface area (Å²) in [6.45, 7) is 13.0. The molecule has 4 fully saturated rings. The Hall–Kier alpha value is -1.91. The van der Waals surface area contributed by atoms with E-state index in [0.717, 1.165) is 47.3 Å². The second-order valence-electron chi connectivity index (χ2n) is 18.5. The van der Waals surface area contributed by atoms with E-state index in [0.29, 0.717) is 10.8 Å². The van der Waals surface area contributed by atoms with E-state index >= 15 is 0 Å². The van der Waals surface area contributed by atoms with Gasteiger partial charge in [-0.2, -0.15) is 0 Å². The molecule has 0 bridgehead atoms. The Morgan fingerprint density at radius 1 is 0.612 bits per heavy atom. The Kier molecular flexibility index (Phi) is 10.9. The van der Waals surface area contributed by atoms with Crippen molar-refractivity contribution >= 4 is 23.2 Å². The minimum Gasteiger partial charge on any atom is -0.0628 e. The third-order valence-corrected chi connectivity index (χ3v) is 20.2. The molecule has 0 saturated heterocycles. The third-order valence-electron chi connectivity index (χ3n) is 15.7. The van der Waals surface area contributed by atoms with Crippen LogP contribution in [0.25, 0.3) is 0 Å². The summed E-state index contributed by atoms with van der Waals surface area (Å²) in [7, 11) is -1.72. The monoisotopic (exact) mass is 676 g/mol. The van der Waals surface area contributed by atoms with E-state index in [4.69, 9.17) is 0 Å². The third kappa shape index (κ3) is 6.76. The van der Waals surface area contributed by atoms with Crippen molar-refractivity contribution in [2.45, 2.75) is 125 Å².